The largest absolute Gasteiger partial charge is 0.493 e. The number of carbonyl (C=O) groups excluding carboxylic acids is 2. The quantitative estimate of drug-likeness (QED) is 0.257. The number of nitrogens with one attached hydrogen (secondary N) is 2. The van der Waals surface area contributed by atoms with Crippen LogP contribution in [0.5, 0.6) is 17.2 Å². The summed E-state index contributed by atoms with van der Waals surface area (Å²) >= 11 is 0. The maximum Gasteiger partial charge on any atom is 0.419 e. The molecular formula is C28H24F4N4O5. The molecular weight excluding hydrogens is 548 g/mol. The van der Waals surface area contributed by atoms with Crippen LogP contribution in [-0.2, 0) is 17.4 Å². The lowest BCUT2D eigenvalue weighted by Crippen LogP contribution is -2.15. The first-order chi connectivity index (χ1) is 19.5. The SMILES string of the molecule is COc1cc(NC(=O)c2cccc(-n3cc(NC(=O)Cc4ccc(F)c(C(F)(F)F)c4)cn3)c2)cc(OC)c1OC. The molecule has 2 amide bonds. The van der Waals surface area contributed by atoms with E-state index >= 15 is 0 Å². The van der Waals surface area contributed by atoms with Crippen molar-refractivity contribution in [1.29, 1.82) is 0 Å². The highest BCUT2D eigenvalue weighted by molar-refractivity contribution is 6.05. The van der Waals surface area contributed by atoms with Gasteiger partial charge < -0.3 is 24.8 Å². The number of benzene rings is 3. The molecule has 214 valence electrons. The van der Waals surface area contributed by atoms with Crippen LogP contribution in [0.25, 0.3) is 5.69 Å². The topological polar surface area (TPSA) is 104 Å². The van der Waals surface area contributed by atoms with Crippen molar-refractivity contribution in [1.82, 2.24) is 9.78 Å². The Balaban J connectivity index is 1.45. The van der Waals surface area contributed by atoms with Crippen molar-refractivity contribution >= 4 is 23.2 Å². The van der Waals surface area contributed by atoms with E-state index in [0.29, 0.717) is 46.3 Å². The van der Waals surface area contributed by atoms with E-state index in [1.165, 1.54) is 38.4 Å². The molecule has 4 aromatic rings. The first-order valence-corrected chi connectivity index (χ1v) is 11.9. The molecule has 0 radical (unpaired) electrons. The Hall–Kier alpha value is -5.07. The monoisotopic (exact) mass is 572 g/mol. The molecule has 3 aromatic carbocycles. The number of hydrogen-bond acceptors (Lipinski definition) is 6. The molecule has 13 heteroatoms. The lowest BCUT2D eigenvalue weighted by atomic mass is 10.1. The molecule has 0 saturated carbocycles. The number of hydrogen-bond donors (Lipinski definition) is 2. The summed E-state index contributed by atoms with van der Waals surface area (Å²) < 4.78 is 69.7. The minimum absolute atomic E-state index is 0.00516. The molecule has 0 fully saturated rings. The van der Waals surface area contributed by atoms with Crippen LogP contribution in [0.2, 0.25) is 0 Å². The van der Waals surface area contributed by atoms with Crippen LogP contribution in [0.3, 0.4) is 0 Å². The molecule has 0 aliphatic heterocycles. The predicted molar refractivity (Wildman–Crippen MR) is 141 cm³/mol. The first kappa shape index (κ1) is 28.9. The Morgan fingerprint density at radius 1 is 0.902 bits per heavy atom. The Kier molecular flexibility index (Phi) is 8.45. The molecule has 4 rings (SSSR count). The second-order valence-electron chi connectivity index (χ2n) is 8.63. The second-order valence-corrected chi connectivity index (χ2v) is 8.63. The van der Waals surface area contributed by atoms with Gasteiger partial charge in [0.2, 0.25) is 11.7 Å². The van der Waals surface area contributed by atoms with E-state index in [2.05, 4.69) is 15.7 Å². The Morgan fingerprint density at radius 2 is 1.61 bits per heavy atom. The third-order valence-corrected chi connectivity index (χ3v) is 5.86. The Labute approximate surface area is 231 Å². The average Bonchev–Trinajstić information content (AvgIpc) is 3.41. The molecule has 0 unspecified atom stereocenters. The van der Waals surface area contributed by atoms with Gasteiger partial charge in [0.25, 0.3) is 5.91 Å². The van der Waals surface area contributed by atoms with Crippen LogP contribution >= 0.6 is 0 Å². The lowest BCUT2D eigenvalue weighted by molar-refractivity contribution is -0.140. The zero-order chi connectivity index (χ0) is 29.7. The summed E-state index contributed by atoms with van der Waals surface area (Å²) in [5, 5.41) is 9.50. The summed E-state index contributed by atoms with van der Waals surface area (Å²) in [5.74, 6) is -1.37. The van der Waals surface area contributed by atoms with Crippen LogP contribution in [0.1, 0.15) is 21.5 Å². The third kappa shape index (κ3) is 6.75. The fourth-order valence-electron chi connectivity index (χ4n) is 3.96. The van der Waals surface area contributed by atoms with E-state index in [-0.39, 0.29) is 11.3 Å². The summed E-state index contributed by atoms with van der Waals surface area (Å²) in [6.45, 7) is 0. The van der Waals surface area contributed by atoms with Crippen LogP contribution in [-0.4, -0.2) is 42.9 Å². The number of ether oxygens (including phenoxy) is 3. The number of rotatable bonds is 9. The summed E-state index contributed by atoms with van der Waals surface area (Å²) in [6, 6.07) is 12.1. The molecule has 0 aliphatic rings. The Morgan fingerprint density at radius 3 is 2.24 bits per heavy atom. The molecule has 2 N–H and O–H groups in total. The van der Waals surface area contributed by atoms with Gasteiger partial charge in [-0.05, 0) is 35.9 Å². The summed E-state index contributed by atoms with van der Waals surface area (Å²) in [6.07, 6.45) is -2.48. The molecule has 0 saturated heterocycles. The first-order valence-electron chi connectivity index (χ1n) is 11.9. The highest BCUT2D eigenvalue weighted by Gasteiger charge is 2.34. The number of carbonyl (C=O) groups is 2. The van der Waals surface area contributed by atoms with Gasteiger partial charge in [0.1, 0.15) is 5.82 Å². The molecule has 1 heterocycles. The van der Waals surface area contributed by atoms with E-state index in [1.54, 1.807) is 36.4 Å². The fourth-order valence-corrected chi connectivity index (χ4v) is 3.96. The standard InChI is InChI=1S/C28H24F4N4O5/c1-39-23-12-18(13-24(40-2)26(23)41-3)35-27(38)17-5-4-6-20(11-17)36-15-19(14-33-36)34-25(37)10-16-7-8-22(29)21(9-16)28(30,31)32/h4-9,11-15H,10H2,1-3H3,(H,34,37)(H,35,38). The molecule has 41 heavy (non-hydrogen) atoms. The molecule has 0 spiro atoms. The highest BCUT2D eigenvalue weighted by atomic mass is 19.4. The van der Waals surface area contributed by atoms with Crippen LogP contribution in [0.4, 0.5) is 28.9 Å². The van der Waals surface area contributed by atoms with Gasteiger partial charge in [0, 0.05) is 23.4 Å². The fraction of sp³-hybridized carbons (Fsp3) is 0.179. The number of halogens is 4. The number of aromatic nitrogens is 2. The lowest BCUT2D eigenvalue weighted by Gasteiger charge is -2.14. The van der Waals surface area contributed by atoms with Crippen LogP contribution < -0.4 is 24.8 Å². The van der Waals surface area contributed by atoms with Crippen LogP contribution in [0, 0.1) is 5.82 Å². The second kappa shape index (κ2) is 12.0. The highest BCUT2D eigenvalue weighted by Crippen LogP contribution is 2.40. The van der Waals surface area contributed by atoms with Crippen molar-refractivity contribution in [2.24, 2.45) is 0 Å². The van der Waals surface area contributed by atoms with Gasteiger partial charge in [-0.15, -0.1) is 0 Å². The van der Waals surface area contributed by atoms with E-state index in [4.69, 9.17) is 14.2 Å². The van der Waals surface area contributed by atoms with Crippen molar-refractivity contribution in [3.05, 3.63) is 89.5 Å². The van der Waals surface area contributed by atoms with Crippen molar-refractivity contribution < 1.29 is 41.4 Å². The third-order valence-electron chi connectivity index (χ3n) is 5.86. The number of alkyl halides is 3. The van der Waals surface area contributed by atoms with Crippen molar-refractivity contribution in [3.63, 3.8) is 0 Å². The number of amides is 2. The number of methoxy groups -OCH3 is 3. The molecule has 0 atom stereocenters. The predicted octanol–water partition coefficient (Wildman–Crippen LogP) is 5.49. The van der Waals surface area contributed by atoms with E-state index < -0.39 is 35.8 Å². The molecule has 1 aromatic heterocycles. The summed E-state index contributed by atoms with van der Waals surface area (Å²) in [5.41, 5.74) is 0.0210. The van der Waals surface area contributed by atoms with E-state index in [9.17, 15) is 27.2 Å². The smallest absolute Gasteiger partial charge is 0.419 e. The maximum absolute atomic E-state index is 13.5. The normalized spacial score (nSPS) is 11.1. The zero-order valence-corrected chi connectivity index (χ0v) is 22.0. The summed E-state index contributed by atoms with van der Waals surface area (Å²) in [4.78, 5) is 25.4. The minimum atomic E-state index is -4.88. The van der Waals surface area contributed by atoms with Gasteiger partial charge in [-0.2, -0.15) is 18.3 Å². The molecule has 0 aliphatic carbocycles. The van der Waals surface area contributed by atoms with Crippen molar-refractivity contribution in [2.75, 3.05) is 32.0 Å². The van der Waals surface area contributed by atoms with Gasteiger partial charge >= 0.3 is 6.18 Å². The van der Waals surface area contributed by atoms with E-state index in [0.717, 1.165) is 6.07 Å². The average molecular weight is 573 g/mol. The van der Waals surface area contributed by atoms with Gasteiger partial charge in [0.15, 0.2) is 11.5 Å². The van der Waals surface area contributed by atoms with Gasteiger partial charge in [-0.1, -0.05) is 12.1 Å². The van der Waals surface area contributed by atoms with E-state index in [1.807, 2.05) is 0 Å². The Bertz CT molecular complexity index is 1560. The van der Waals surface area contributed by atoms with Gasteiger partial charge in [-0.25, -0.2) is 9.07 Å². The van der Waals surface area contributed by atoms with Gasteiger partial charge in [-0.3, -0.25) is 9.59 Å². The van der Waals surface area contributed by atoms with Gasteiger partial charge in [0.05, 0.1) is 57.1 Å². The molecule has 9 nitrogen and oxygen atoms in total. The van der Waals surface area contributed by atoms with Crippen LogP contribution in [0.15, 0.2) is 67.0 Å². The maximum atomic E-state index is 13.5. The number of anilines is 2. The van der Waals surface area contributed by atoms with Crippen molar-refractivity contribution in [3.8, 4) is 22.9 Å². The summed E-state index contributed by atoms with van der Waals surface area (Å²) in [7, 11) is 4.38. The zero-order valence-electron chi connectivity index (χ0n) is 22.0. The minimum Gasteiger partial charge on any atom is -0.493 e. The number of nitrogens with zero attached hydrogens (tertiary/aromatic N) is 2. The molecule has 0 bridgehead atoms. The van der Waals surface area contributed by atoms with Crippen molar-refractivity contribution in [2.45, 2.75) is 12.6 Å².